The number of ketones is 1. The molecule has 5 rings (SSSR count). The lowest BCUT2D eigenvalue weighted by molar-refractivity contribution is -0.130. The zero-order valence-electron chi connectivity index (χ0n) is 29.8. The summed E-state index contributed by atoms with van der Waals surface area (Å²) in [6, 6.07) is 5.86. The van der Waals surface area contributed by atoms with Crippen LogP contribution < -0.4 is 10.2 Å². The number of hydrogen-bond donors (Lipinski definition) is 2. The van der Waals surface area contributed by atoms with Crippen LogP contribution in [0.5, 0.6) is 0 Å². The number of carbonyl (C=O) groups excluding carboxylic acids is 3. The highest BCUT2D eigenvalue weighted by molar-refractivity contribution is 6.44. The number of amides is 2. The van der Waals surface area contributed by atoms with Gasteiger partial charge in [-0.25, -0.2) is 5.01 Å². The van der Waals surface area contributed by atoms with Gasteiger partial charge in [-0.2, -0.15) is 5.10 Å². The second-order valence-corrected chi connectivity index (χ2v) is 15.9. The Bertz CT molecular complexity index is 1480. The number of carbonyl (C=O) groups is 3. The van der Waals surface area contributed by atoms with Gasteiger partial charge < -0.3 is 15.3 Å². The zero-order valence-corrected chi connectivity index (χ0v) is 29.8. The van der Waals surface area contributed by atoms with Gasteiger partial charge >= 0.3 is 0 Å². The normalized spacial score (nSPS) is 21.2. The number of aliphatic hydroxyl groups is 1. The number of hydrazone groups is 1. The number of aliphatic hydroxyl groups excluding tert-OH is 1. The Balaban J connectivity index is 1.50. The van der Waals surface area contributed by atoms with Crippen LogP contribution in [0.1, 0.15) is 131 Å². The van der Waals surface area contributed by atoms with Gasteiger partial charge in [-0.15, -0.1) is 0 Å². The van der Waals surface area contributed by atoms with Crippen molar-refractivity contribution in [3.8, 4) is 0 Å². The minimum absolute atomic E-state index is 0.00153. The lowest BCUT2D eigenvalue weighted by Gasteiger charge is -2.30. The van der Waals surface area contributed by atoms with Gasteiger partial charge in [-0.3, -0.25) is 14.4 Å². The molecule has 2 N–H and O–H groups in total. The van der Waals surface area contributed by atoms with Gasteiger partial charge in [0.2, 0.25) is 11.7 Å². The highest BCUT2D eigenvalue weighted by Crippen LogP contribution is 2.44. The molecule has 0 radical (unpaired) electrons. The fraction of sp³-hybridized carbons (Fsp3) is 0.641. The van der Waals surface area contributed by atoms with Crippen LogP contribution in [-0.4, -0.2) is 52.1 Å². The molecular formula is C39H56N4O4. The Morgan fingerprint density at radius 2 is 1.55 bits per heavy atom. The van der Waals surface area contributed by atoms with Gasteiger partial charge in [-0.1, -0.05) is 72.1 Å². The number of rotatable bonds is 12. The maximum atomic E-state index is 13.8. The minimum Gasteiger partial charge on any atom is -0.506 e. The molecule has 1 aromatic carbocycles. The fourth-order valence-corrected chi connectivity index (χ4v) is 7.51. The van der Waals surface area contributed by atoms with Crippen molar-refractivity contribution in [2.75, 3.05) is 23.3 Å². The van der Waals surface area contributed by atoms with Crippen molar-refractivity contribution in [2.24, 2.45) is 22.4 Å². The van der Waals surface area contributed by atoms with E-state index in [1.54, 1.807) is 6.92 Å². The number of Topliss-reactive ketones (excluding diaryl/α,β-unsaturated/α-hetero) is 1. The summed E-state index contributed by atoms with van der Waals surface area (Å²) in [7, 11) is 0. The predicted molar refractivity (Wildman–Crippen MR) is 190 cm³/mol. The molecule has 4 aliphatic rings. The molecule has 8 nitrogen and oxygen atoms in total. The molecule has 0 bridgehead atoms. The third-order valence-corrected chi connectivity index (χ3v) is 11.0. The maximum absolute atomic E-state index is 13.8. The molecular weight excluding hydrogens is 588 g/mol. The van der Waals surface area contributed by atoms with E-state index in [1.807, 2.05) is 59.7 Å². The number of hydrogen-bond acceptors (Lipinski definition) is 6. The van der Waals surface area contributed by atoms with Crippen LogP contribution in [0.25, 0.3) is 5.57 Å². The third-order valence-electron chi connectivity index (χ3n) is 11.0. The summed E-state index contributed by atoms with van der Waals surface area (Å²) in [5.74, 6) is 0.418. The molecule has 3 aliphatic carbocycles. The van der Waals surface area contributed by atoms with Crippen LogP contribution >= 0.6 is 0 Å². The van der Waals surface area contributed by atoms with Crippen LogP contribution in [0.4, 0.5) is 11.4 Å². The molecule has 2 fully saturated rings. The number of nitrogens with one attached hydrogen (secondary N) is 1. The topological polar surface area (TPSA) is 102 Å². The molecule has 0 saturated heterocycles. The molecule has 2 amide bonds. The average molecular weight is 645 g/mol. The maximum Gasteiger partial charge on any atom is 0.277 e. The van der Waals surface area contributed by atoms with E-state index in [2.05, 4.69) is 15.3 Å². The van der Waals surface area contributed by atoms with Crippen molar-refractivity contribution in [3.63, 3.8) is 0 Å². The van der Waals surface area contributed by atoms with Crippen LogP contribution in [0.3, 0.4) is 0 Å². The van der Waals surface area contributed by atoms with E-state index in [0.717, 1.165) is 43.5 Å². The van der Waals surface area contributed by atoms with Gasteiger partial charge in [0.25, 0.3) is 5.91 Å². The Morgan fingerprint density at radius 3 is 2.11 bits per heavy atom. The van der Waals surface area contributed by atoms with E-state index in [4.69, 9.17) is 0 Å². The Labute approximate surface area is 281 Å². The van der Waals surface area contributed by atoms with Crippen LogP contribution in [0.2, 0.25) is 0 Å². The van der Waals surface area contributed by atoms with E-state index in [9.17, 15) is 19.5 Å². The average Bonchev–Trinajstić information content (AvgIpc) is 3.79. The van der Waals surface area contributed by atoms with Crippen LogP contribution in [0, 0.1) is 17.3 Å². The third kappa shape index (κ3) is 7.36. The molecule has 8 heteroatoms. The zero-order chi connectivity index (χ0) is 34.1. The molecule has 1 aromatic rings. The van der Waals surface area contributed by atoms with Gasteiger partial charge in [0.15, 0.2) is 0 Å². The molecule has 1 heterocycles. The monoisotopic (exact) mass is 644 g/mol. The minimum atomic E-state index is -0.621. The Kier molecular flexibility index (Phi) is 10.4. The summed E-state index contributed by atoms with van der Waals surface area (Å²) < 4.78 is 0. The summed E-state index contributed by atoms with van der Waals surface area (Å²) in [5, 5.41) is 20.3. The largest absolute Gasteiger partial charge is 0.506 e. The predicted octanol–water partition coefficient (Wildman–Crippen LogP) is 8.58. The Morgan fingerprint density at radius 1 is 0.936 bits per heavy atom. The molecule has 1 aliphatic heterocycles. The van der Waals surface area contributed by atoms with Crippen LogP contribution in [-0.2, 0) is 14.4 Å². The lowest BCUT2D eigenvalue weighted by Crippen LogP contribution is -2.40. The van der Waals surface area contributed by atoms with E-state index < -0.39 is 22.6 Å². The Hall–Kier alpha value is -3.42. The standard InChI is InChI=1S/C39H56N4O4/c1-8-39(6,7)37(47)40-30-24-28(42(23-21-27-16-11-12-17-27)22-13-18-26-14-9-10-15-26)19-20-29(30)32-34(44)33(35(32)45)31-25(2)41-43(36(31)46)38(3,4)5/h19-20,24,26-27,44H,8-18,21-23H2,1-7H3,(H,40,47)/b33-31+. The fourth-order valence-electron chi connectivity index (χ4n) is 7.51. The molecule has 47 heavy (non-hydrogen) atoms. The quantitative estimate of drug-likeness (QED) is 0.222. The summed E-state index contributed by atoms with van der Waals surface area (Å²) in [6.07, 6.45) is 14.8. The summed E-state index contributed by atoms with van der Waals surface area (Å²) in [6.45, 7) is 15.0. The lowest BCUT2D eigenvalue weighted by atomic mass is 9.79. The van der Waals surface area contributed by atoms with Crippen molar-refractivity contribution >= 4 is 40.3 Å². The van der Waals surface area contributed by atoms with Crippen molar-refractivity contribution < 1.29 is 19.5 Å². The summed E-state index contributed by atoms with van der Waals surface area (Å²) >= 11 is 0. The van der Waals surface area contributed by atoms with Crippen molar-refractivity contribution in [1.82, 2.24) is 5.01 Å². The van der Waals surface area contributed by atoms with Gasteiger partial charge in [0.05, 0.1) is 33.7 Å². The first-order valence-electron chi connectivity index (χ1n) is 18.1. The SMILES string of the molecule is CCC(C)(C)C(=O)Nc1cc(N(CCCC2CCCC2)CCC2CCCC2)ccc1C1=C(O)/C(=C2\C(=O)N(C(C)(C)C)N=C2C)C1=O. The molecule has 256 valence electrons. The first kappa shape index (κ1) is 34.9. The van der Waals surface area contributed by atoms with E-state index in [1.165, 1.54) is 62.8 Å². The molecule has 0 spiro atoms. The number of nitrogens with zero attached hydrogens (tertiary/aromatic N) is 3. The number of benzene rings is 1. The molecule has 2 saturated carbocycles. The van der Waals surface area contributed by atoms with Gasteiger partial charge in [0, 0.05) is 29.8 Å². The molecule has 0 unspecified atom stereocenters. The van der Waals surface area contributed by atoms with Crippen molar-refractivity contribution in [2.45, 2.75) is 131 Å². The first-order valence-corrected chi connectivity index (χ1v) is 18.1. The highest BCUT2D eigenvalue weighted by Gasteiger charge is 2.45. The van der Waals surface area contributed by atoms with Gasteiger partial charge in [-0.05, 0) is 83.4 Å². The van der Waals surface area contributed by atoms with Crippen LogP contribution in [0.15, 0.2) is 40.2 Å². The van der Waals surface area contributed by atoms with E-state index in [-0.39, 0.29) is 28.4 Å². The van der Waals surface area contributed by atoms with Crippen molar-refractivity contribution in [1.29, 1.82) is 0 Å². The van der Waals surface area contributed by atoms with Gasteiger partial charge in [0.1, 0.15) is 5.76 Å². The van der Waals surface area contributed by atoms with E-state index in [0.29, 0.717) is 23.4 Å². The molecule has 0 aromatic heterocycles. The van der Waals surface area contributed by atoms with Crippen molar-refractivity contribution in [3.05, 3.63) is 40.7 Å². The number of allylic oxidation sites excluding steroid dienone is 2. The van der Waals surface area contributed by atoms with E-state index >= 15 is 0 Å². The second-order valence-electron chi connectivity index (χ2n) is 15.9. The molecule has 0 atom stereocenters. The summed E-state index contributed by atoms with van der Waals surface area (Å²) in [4.78, 5) is 43.1. The summed E-state index contributed by atoms with van der Waals surface area (Å²) in [5.41, 5.74) is 1.46. The highest BCUT2D eigenvalue weighted by atomic mass is 16.3. The first-order chi connectivity index (χ1) is 22.2. The smallest absolute Gasteiger partial charge is 0.277 e. The number of anilines is 2. The second kappa shape index (κ2) is 14.0.